The molecular formula is C13H18N2O. The van der Waals surface area contributed by atoms with E-state index < -0.39 is 0 Å². The van der Waals surface area contributed by atoms with Crippen LogP contribution in [0.4, 0.5) is 5.82 Å². The molecule has 2 rings (SSSR count). The molecule has 0 aliphatic carbocycles. The van der Waals surface area contributed by atoms with Gasteiger partial charge in [0.15, 0.2) is 5.78 Å². The van der Waals surface area contributed by atoms with Crippen molar-refractivity contribution in [1.29, 1.82) is 0 Å². The lowest BCUT2D eigenvalue weighted by atomic mass is 10.1. The molecule has 3 heteroatoms. The minimum Gasteiger partial charge on any atom is -0.357 e. The molecule has 0 spiro atoms. The second-order valence-electron chi connectivity index (χ2n) is 4.23. The molecule has 1 aliphatic heterocycles. The van der Waals surface area contributed by atoms with Crippen molar-refractivity contribution in [3.8, 4) is 0 Å². The van der Waals surface area contributed by atoms with Gasteiger partial charge in [-0.3, -0.25) is 4.79 Å². The van der Waals surface area contributed by atoms with Gasteiger partial charge in [-0.1, -0.05) is 6.92 Å². The Morgan fingerprint density at radius 3 is 2.62 bits per heavy atom. The lowest BCUT2D eigenvalue weighted by Gasteiger charge is -2.27. The van der Waals surface area contributed by atoms with E-state index in [0.717, 1.165) is 24.5 Å². The summed E-state index contributed by atoms with van der Waals surface area (Å²) < 4.78 is 0. The van der Waals surface area contributed by atoms with Crippen molar-refractivity contribution in [3.05, 3.63) is 23.9 Å². The second-order valence-corrected chi connectivity index (χ2v) is 4.23. The number of ketones is 1. The van der Waals surface area contributed by atoms with E-state index >= 15 is 0 Å². The molecule has 86 valence electrons. The molecule has 0 saturated carbocycles. The molecule has 16 heavy (non-hydrogen) atoms. The number of pyridine rings is 1. The third-order valence-corrected chi connectivity index (χ3v) is 3.07. The highest BCUT2D eigenvalue weighted by Crippen LogP contribution is 2.17. The van der Waals surface area contributed by atoms with Crippen LogP contribution in [0.3, 0.4) is 0 Å². The number of nitrogens with zero attached hydrogens (tertiary/aromatic N) is 2. The van der Waals surface area contributed by atoms with Crippen LogP contribution < -0.4 is 4.90 Å². The molecule has 0 atom stereocenters. The fraction of sp³-hybridized carbons (Fsp3) is 0.538. The fourth-order valence-electron chi connectivity index (χ4n) is 2.07. The molecule has 0 N–H and O–H groups in total. The maximum Gasteiger partial charge on any atom is 0.164 e. The van der Waals surface area contributed by atoms with Gasteiger partial charge < -0.3 is 4.90 Å². The zero-order valence-electron chi connectivity index (χ0n) is 9.78. The van der Waals surface area contributed by atoms with Gasteiger partial charge in [0.25, 0.3) is 0 Å². The largest absolute Gasteiger partial charge is 0.357 e. The van der Waals surface area contributed by atoms with E-state index in [9.17, 15) is 4.79 Å². The fourth-order valence-corrected chi connectivity index (χ4v) is 2.07. The van der Waals surface area contributed by atoms with Crippen molar-refractivity contribution in [2.45, 2.75) is 32.6 Å². The maximum atomic E-state index is 11.4. The summed E-state index contributed by atoms with van der Waals surface area (Å²) in [5.41, 5.74) is 0.725. The molecule has 1 aromatic rings. The van der Waals surface area contributed by atoms with Gasteiger partial charge in [-0.2, -0.15) is 0 Å². The highest BCUT2D eigenvalue weighted by atomic mass is 16.1. The first-order valence-electron chi connectivity index (χ1n) is 6.05. The molecule has 0 amide bonds. The van der Waals surface area contributed by atoms with Crippen LogP contribution in [-0.2, 0) is 0 Å². The maximum absolute atomic E-state index is 11.4. The average Bonchev–Trinajstić information content (AvgIpc) is 2.39. The van der Waals surface area contributed by atoms with Crippen LogP contribution in [-0.4, -0.2) is 23.9 Å². The summed E-state index contributed by atoms with van der Waals surface area (Å²) in [6.07, 6.45) is 6.07. The number of carbonyl (C=O) groups excluding carboxylic acids is 1. The van der Waals surface area contributed by atoms with Crippen LogP contribution in [0.25, 0.3) is 0 Å². The SMILES string of the molecule is CCC(=O)c1ccc(N2CCCCC2)nc1. The van der Waals surface area contributed by atoms with Crippen LogP contribution in [0.15, 0.2) is 18.3 Å². The summed E-state index contributed by atoms with van der Waals surface area (Å²) in [7, 11) is 0. The Morgan fingerprint density at radius 2 is 2.06 bits per heavy atom. The molecule has 1 aliphatic rings. The molecule has 1 aromatic heterocycles. The van der Waals surface area contributed by atoms with Gasteiger partial charge in [-0.15, -0.1) is 0 Å². The van der Waals surface area contributed by atoms with Crippen molar-refractivity contribution >= 4 is 11.6 Å². The summed E-state index contributed by atoms with van der Waals surface area (Å²) in [6, 6.07) is 3.86. The first-order chi connectivity index (χ1) is 7.81. The van der Waals surface area contributed by atoms with Crippen molar-refractivity contribution in [1.82, 2.24) is 4.98 Å². The zero-order chi connectivity index (χ0) is 11.4. The standard InChI is InChI=1S/C13H18N2O/c1-2-12(16)11-6-7-13(14-10-11)15-8-4-3-5-9-15/h6-7,10H,2-5,8-9H2,1H3. The predicted molar refractivity (Wildman–Crippen MR) is 64.9 cm³/mol. The number of Topliss-reactive ketones (excluding diaryl/α,β-unsaturated/α-hetero) is 1. The molecular weight excluding hydrogens is 200 g/mol. The highest BCUT2D eigenvalue weighted by Gasteiger charge is 2.12. The van der Waals surface area contributed by atoms with Crippen LogP contribution in [0.2, 0.25) is 0 Å². The van der Waals surface area contributed by atoms with Gasteiger partial charge in [0.1, 0.15) is 5.82 Å². The molecule has 3 nitrogen and oxygen atoms in total. The van der Waals surface area contributed by atoms with Crippen LogP contribution in [0.5, 0.6) is 0 Å². The lowest BCUT2D eigenvalue weighted by Crippen LogP contribution is -2.30. The van der Waals surface area contributed by atoms with Crippen LogP contribution in [0, 0.1) is 0 Å². The molecule has 1 fully saturated rings. The zero-order valence-corrected chi connectivity index (χ0v) is 9.78. The summed E-state index contributed by atoms with van der Waals surface area (Å²) >= 11 is 0. The van der Waals surface area contributed by atoms with Gasteiger partial charge in [-0.25, -0.2) is 4.98 Å². The summed E-state index contributed by atoms with van der Waals surface area (Å²) in [6.45, 7) is 4.06. The summed E-state index contributed by atoms with van der Waals surface area (Å²) in [4.78, 5) is 18.1. The van der Waals surface area contributed by atoms with Gasteiger partial charge in [0.2, 0.25) is 0 Å². The third-order valence-electron chi connectivity index (χ3n) is 3.07. The summed E-state index contributed by atoms with van der Waals surface area (Å²) in [5, 5.41) is 0. The van der Waals surface area contributed by atoms with Crippen molar-refractivity contribution in [2.75, 3.05) is 18.0 Å². The van der Waals surface area contributed by atoms with E-state index in [2.05, 4.69) is 9.88 Å². The first-order valence-corrected chi connectivity index (χ1v) is 6.05. The van der Waals surface area contributed by atoms with Gasteiger partial charge in [0.05, 0.1) is 0 Å². The number of carbonyl (C=O) groups is 1. The number of rotatable bonds is 3. The number of piperidine rings is 1. The van der Waals surface area contributed by atoms with Gasteiger partial charge >= 0.3 is 0 Å². The Hall–Kier alpha value is -1.38. The third kappa shape index (κ3) is 2.40. The Bertz CT molecular complexity index is 353. The number of aromatic nitrogens is 1. The second kappa shape index (κ2) is 5.10. The smallest absolute Gasteiger partial charge is 0.164 e. The molecule has 0 aromatic carbocycles. The van der Waals surface area contributed by atoms with E-state index in [0.29, 0.717) is 6.42 Å². The van der Waals surface area contributed by atoms with E-state index in [1.807, 2.05) is 19.1 Å². The Morgan fingerprint density at radius 1 is 1.31 bits per heavy atom. The van der Waals surface area contributed by atoms with E-state index in [1.54, 1.807) is 6.20 Å². The number of hydrogen-bond acceptors (Lipinski definition) is 3. The molecule has 2 heterocycles. The quantitative estimate of drug-likeness (QED) is 0.731. The van der Waals surface area contributed by atoms with Crippen molar-refractivity contribution in [3.63, 3.8) is 0 Å². The minimum absolute atomic E-state index is 0.165. The molecule has 1 saturated heterocycles. The predicted octanol–water partition coefficient (Wildman–Crippen LogP) is 2.66. The monoisotopic (exact) mass is 218 g/mol. The highest BCUT2D eigenvalue weighted by molar-refractivity contribution is 5.95. The average molecular weight is 218 g/mol. The van der Waals surface area contributed by atoms with Crippen LogP contribution >= 0.6 is 0 Å². The van der Waals surface area contributed by atoms with Crippen molar-refractivity contribution in [2.24, 2.45) is 0 Å². The van der Waals surface area contributed by atoms with E-state index in [-0.39, 0.29) is 5.78 Å². The topological polar surface area (TPSA) is 33.2 Å². The van der Waals surface area contributed by atoms with E-state index in [1.165, 1.54) is 19.3 Å². The molecule has 0 unspecified atom stereocenters. The van der Waals surface area contributed by atoms with Crippen LogP contribution in [0.1, 0.15) is 43.0 Å². The Labute approximate surface area is 96.5 Å². The van der Waals surface area contributed by atoms with Crippen molar-refractivity contribution < 1.29 is 4.79 Å². The van der Waals surface area contributed by atoms with E-state index in [4.69, 9.17) is 0 Å². The first kappa shape index (κ1) is 11.1. The lowest BCUT2D eigenvalue weighted by molar-refractivity contribution is 0.0988. The minimum atomic E-state index is 0.165. The Kier molecular flexibility index (Phi) is 3.54. The van der Waals surface area contributed by atoms with Gasteiger partial charge in [-0.05, 0) is 31.4 Å². The molecule has 0 bridgehead atoms. The molecule has 0 radical (unpaired) electrons. The number of hydrogen-bond donors (Lipinski definition) is 0. The number of anilines is 1. The van der Waals surface area contributed by atoms with Gasteiger partial charge in [0, 0.05) is 31.3 Å². The Balaban J connectivity index is 2.09. The summed E-state index contributed by atoms with van der Waals surface area (Å²) in [5.74, 6) is 1.17. The normalized spacial score (nSPS) is 16.2.